The Hall–Kier alpha value is -1.82. The third kappa shape index (κ3) is 2.47. The van der Waals surface area contributed by atoms with E-state index in [1.165, 1.54) is 25.3 Å². The van der Waals surface area contributed by atoms with E-state index in [2.05, 4.69) is 6.58 Å². The number of carboxylic acids is 1. The minimum Gasteiger partial charge on any atom is -0.495 e. The Morgan fingerprint density at radius 1 is 1.47 bits per heavy atom. The molecule has 0 radical (unpaired) electrons. The van der Waals surface area contributed by atoms with Crippen molar-refractivity contribution >= 4 is 21.9 Å². The van der Waals surface area contributed by atoms with Gasteiger partial charge in [0.15, 0.2) is 9.84 Å². The second kappa shape index (κ2) is 4.58. The third-order valence-corrected chi connectivity index (χ3v) is 3.35. The Balaban J connectivity index is 3.72. The van der Waals surface area contributed by atoms with Gasteiger partial charge in [0.25, 0.3) is 0 Å². The Bertz CT molecular complexity index is 572. The monoisotopic (exact) mass is 256 g/mol. The molecule has 0 aliphatic rings. The maximum Gasteiger partial charge on any atom is 0.339 e. The number of ether oxygens (including phenoxy) is 1. The molecule has 0 aromatic heterocycles. The van der Waals surface area contributed by atoms with Gasteiger partial charge in [0.2, 0.25) is 0 Å². The Morgan fingerprint density at radius 2 is 2.06 bits per heavy atom. The van der Waals surface area contributed by atoms with Crippen LogP contribution in [0.5, 0.6) is 5.75 Å². The summed E-state index contributed by atoms with van der Waals surface area (Å²) < 4.78 is 28.0. The zero-order valence-electron chi connectivity index (χ0n) is 9.43. The van der Waals surface area contributed by atoms with E-state index in [9.17, 15) is 13.2 Å². The third-order valence-electron chi connectivity index (χ3n) is 2.19. The summed E-state index contributed by atoms with van der Waals surface area (Å²) in [6, 6.07) is 2.43. The summed E-state index contributed by atoms with van der Waals surface area (Å²) in [5, 5.41) is 8.95. The molecule has 92 valence electrons. The first-order valence-corrected chi connectivity index (χ1v) is 6.48. The highest BCUT2D eigenvalue weighted by Gasteiger charge is 2.21. The van der Waals surface area contributed by atoms with Crippen LogP contribution in [0.25, 0.3) is 6.08 Å². The Morgan fingerprint density at radius 3 is 2.41 bits per heavy atom. The second-order valence-corrected chi connectivity index (χ2v) is 5.32. The first-order valence-electron chi connectivity index (χ1n) is 4.59. The SMILES string of the molecule is C=Cc1c(S(C)(=O)=O)ccc(C(=O)O)c1OC. The molecular formula is C11H12O5S. The van der Waals surface area contributed by atoms with Gasteiger partial charge in [-0.1, -0.05) is 12.7 Å². The van der Waals surface area contributed by atoms with Crippen LogP contribution in [0.2, 0.25) is 0 Å². The highest BCUT2D eigenvalue weighted by Crippen LogP contribution is 2.31. The van der Waals surface area contributed by atoms with E-state index in [1.54, 1.807) is 0 Å². The van der Waals surface area contributed by atoms with E-state index in [1.807, 2.05) is 0 Å². The van der Waals surface area contributed by atoms with E-state index < -0.39 is 15.8 Å². The predicted molar refractivity (Wildman–Crippen MR) is 63.2 cm³/mol. The molecule has 1 N–H and O–H groups in total. The average molecular weight is 256 g/mol. The fourth-order valence-corrected chi connectivity index (χ4v) is 2.38. The fourth-order valence-electron chi connectivity index (χ4n) is 1.49. The van der Waals surface area contributed by atoms with Gasteiger partial charge in [0.05, 0.1) is 12.0 Å². The van der Waals surface area contributed by atoms with E-state index >= 15 is 0 Å². The second-order valence-electron chi connectivity index (χ2n) is 3.34. The number of carbonyl (C=O) groups is 1. The minimum absolute atomic E-state index is 0.00424. The Kier molecular flexibility index (Phi) is 3.57. The van der Waals surface area contributed by atoms with Crippen LogP contribution in [0.4, 0.5) is 0 Å². The van der Waals surface area contributed by atoms with Crippen LogP contribution in [0, 0.1) is 0 Å². The molecule has 5 nitrogen and oxygen atoms in total. The Labute approximate surface area is 99.3 Å². The van der Waals surface area contributed by atoms with Gasteiger partial charge < -0.3 is 9.84 Å². The number of methoxy groups -OCH3 is 1. The summed E-state index contributed by atoms with van der Waals surface area (Å²) in [6.45, 7) is 3.48. The van der Waals surface area contributed by atoms with Crippen molar-refractivity contribution in [3.8, 4) is 5.75 Å². The van der Waals surface area contributed by atoms with Gasteiger partial charge in [-0.05, 0) is 12.1 Å². The zero-order chi connectivity index (χ0) is 13.2. The van der Waals surface area contributed by atoms with Crippen LogP contribution in [-0.2, 0) is 9.84 Å². The highest BCUT2D eigenvalue weighted by molar-refractivity contribution is 7.90. The molecule has 0 aliphatic carbocycles. The number of hydrogen-bond donors (Lipinski definition) is 1. The summed E-state index contributed by atoms with van der Waals surface area (Å²) in [4.78, 5) is 10.9. The fraction of sp³-hybridized carbons (Fsp3) is 0.182. The maximum absolute atomic E-state index is 11.5. The molecule has 17 heavy (non-hydrogen) atoms. The summed E-state index contributed by atoms with van der Waals surface area (Å²) in [7, 11) is -2.19. The summed E-state index contributed by atoms with van der Waals surface area (Å²) >= 11 is 0. The van der Waals surface area contributed by atoms with Crippen molar-refractivity contribution in [1.82, 2.24) is 0 Å². The lowest BCUT2D eigenvalue weighted by atomic mass is 10.1. The van der Waals surface area contributed by atoms with Crippen molar-refractivity contribution in [2.45, 2.75) is 4.90 Å². The quantitative estimate of drug-likeness (QED) is 0.881. The molecule has 0 amide bonds. The highest BCUT2D eigenvalue weighted by atomic mass is 32.2. The van der Waals surface area contributed by atoms with Gasteiger partial charge in [-0.25, -0.2) is 13.2 Å². The van der Waals surface area contributed by atoms with Crippen molar-refractivity contribution in [2.24, 2.45) is 0 Å². The van der Waals surface area contributed by atoms with Crippen LogP contribution in [0.3, 0.4) is 0 Å². The number of aromatic carboxylic acids is 1. The van der Waals surface area contributed by atoms with Crippen LogP contribution in [-0.4, -0.2) is 32.9 Å². The van der Waals surface area contributed by atoms with E-state index in [0.717, 1.165) is 6.26 Å². The molecule has 0 fully saturated rings. The van der Waals surface area contributed by atoms with Gasteiger partial charge in [-0.15, -0.1) is 0 Å². The minimum atomic E-state index is -3.46. The van der Waals surface area contributed by atoms with Crippen LogP contribution >= 0.6 is 0 Å². The smallest absolute Gasteiger partial charge is 0.339 e. The summed E-state index contributed by atoms with van der Waals surface area (Å²) in [5.74, 6) is -1.19. The first-order chi connectivity index (χ1) is 7.82. The average Bonchev–Trinajstić information content (AvgIpc) is 2.25. The van der Waals surface area contributed by atoms with Crippen LogP contribution in [0.1, 0.15) is 15.9 Å². The van der Waals surface area contributed by atoms with E-state index in [4.69, 9.17) is 9.84 Å². The number of sulfone groups is 1. The predicted octanol–water partition coefficient (Wildman–Crippen LogP) is 1.44. The number of rotatable bonds is 4. The van der Waals surface area contributed by atoms with Gasteiger partial charge in [0.1, 0.15) is 11.3 Å². The normalized spacial score (nSPS) is 10.9. The molecule has 0 aliphatic heterocycles. The summed E-state index contributed by atoms with van der Waals surface area (Å²) in [5.41, 5.74) is 0.0599. The molecule has 0 unspecified atom stereocenters. The molecule has 1 aromatic rings. The number of carboxylic acid groups (broad SMARTS) is 1. The lowest BCUT2D eigenvalue weighted by molar-refractivity contribution is 0.0693. The molecule has 6 heteroatoms. The lowest BCUT2D eigenvalue weighted by Crippen LogP contribution is -2.07. The maximum atomic E-state index is 11.5. The van der Waals surface area contributed by atoms with Gasteiger partial charge in [-0.2, -0.15) is 0 Å². The largest absolute Gasteiger partial charge is 0.495 e. The van der Waals surface area contributed by atoms with E-state index in [0.29, 0.717) is 0 Å². The van der Waals surface area contributed by atoms with Crippen molar-refractivity contribution in [1.29, 1.82) is 0 Å². The van der Waals surface area contributed by atoms with E-state index in [-0.39, 0.29) is 21.8 Å². The number of benzene rings is 1. The van der Waals surface area contributed by atoms with Crippen molar-refractivity contribution in [2.75, 3.05) is 13.4 Å². The first kappa shape index (κ1) is 13.2. The molecule has 0 saturated carbocycles. The molecular weight excluding hydrogens is 244 g/mol. The standard InChI is InChI=1S/C11H12O5S/c1-4-7-9(17(3,14)15)6-5-8(11(12)13)10(7)16-2/h4-6H,1H2,2-3H3,(H,12,13). The van der Waals surface area contributed by atoms with Gasteiger partial charge in [-0.3, -0.25) is 0 Å². The zero-order valence-corrected chi connectivity index (χ0v) is 10.2. The van der Waals surface area contributed by atoms with Gasteiger partial charge in [0, 0.05) is 11.8 Å². The molecule has 0 heterocycles. The summed E-state index contributed by atoms with van der Waals surface area (Å²) in [6.07, 6.45) is 2.30. The molecule has 0 spiro atoms. The van der Waals surface area contributed by atoms with Crippen molar-refractivity contribution in [3.63, 3.8) is 0 Å². The molecule has 0 saturated heterocycles. The van der Waals surface area contributed by atoms with Crippen LogP contribution in [0.15, 0.2) is 23.6 Å². The molecule has 0 bridgehead atoms. The lowest BCUT2D eigenvalue weighted by Gasteiger charge is -2.12. The molecule has 0 atom stereocenters. The van der Waals surface area contributed by atoms with Crippen LogP contribution < -0.4 is 4.74 Å². The van der Waals surface area contributed by atoms with Crippen molar-refractivity contribution < 1.29 is 23.1 Å². The van der Waals surface area contributed by atoms with Crippen molar-refractivity contribution in [3.05, 3.63) is 29.8 Å². The molecule has 1 rings (SSSR count). The molecule has 1 aromatic carbocycles. The topological polar surface area (TPSA) is 80.7 Å². The van der Waals surface area contributed by atoms with Gasteiger partial charge >= 0.3 is 5.97 Å². The number of hydrogen-bond acceptors (Lipinski definition) is 4.